The summed E-state index contributed by atoms with van der Waals surface area (Å²) in [5.41, 5.74) is 1.70. The Morgan fingerprint density at radius 1 is 0.704 bits per heavy atom. The minimum Gasteiger partial charge on any atom is -0.508 e. The Morgan fingerprint density at radius 3 is 1.41 bits per heavy atom. The first-order valence-electron chi connectivity index (χ1n) is 9.71. The number of para-hydroxylation sites is 2. The van der Waals surface area contributed by atoms with E-state index in [1.807, 2.05) is 36.4 Å². The fourth-order valence-corrected chi connectivity index (χ4v) is 3.18. The lowest BCUT2D eigenvalue weighted by atomic mass is 9.91. The zero-order chi connectivity index (χ0) is 18.8. The van der Waals surface area contributed by atoms with Crippen LogP contribution >= 0.6 is 12.4 Å². The lowest BCUT2D eigenvalue weighted by Crippen LogP contribution is -2.36. The van der Waals surface area contributed by atoms with Gasteiger partial charge in [-0.1, -0.05) is 63.1 Å². The summed E-state index contributed by atoms with van der Waals surface area (Å²) in [6.45, 7) is 6.04. The Morgan fingerprint density at radius 2 is 1.07 bits per heavy atom. The van der Waals surface area contributed by atoms with Crippen molar-refractivity contribution < 1.29 is 10.2 Å². The second-order valence-corrected chi connectivity index (χ2v) is 6.69. The largest absolute Gasteiger partial charge is 0.508 e. The number of unbranched alkanes of at least 4 members (excludes halogenated alkanes) is 2. The molecule has 0 aromatic heterocycles. The molecule has 0 aliphatic rings. The molecule has 5 heteroatoms. The third-order valence-electron chi connectivity index (χ3n) is 4.67. The maximum absolute atomic E-state index is 10.4. The molecule has 2 unspecified atom stereocenters. The van der Waals surface area contributed by atoms with Crippen molar-refractivity contribution in [1.82, 2.24) is 10.6 Å². The van der Waals surface area contributed by atoms with Crippen LogP contribution in [0, 0.1) is 0 Å². The summed E-state index contributed by atoms with van der Waals surface area (Å²) in [5.74, 6) is 0.554. The van der Waals surface area contributed by atoms with Crippen LogP contribution in [0.15, 0.2) is 48.5 Å². The highest BCUT2D eigenvalue weighted by atomic mass is 35.5. The van der Waals surface area contributed by atoms with Gasteiger partial charge in [-0.25, -0.2) is 0 Å². The average molecular weight is 393 g/mol. The molecule has 0 aliphatic heterocycles. The first kappa shape index (κ1) is 23.3. The highest BCUT2D eigenvalue weighted by Gasteiger charge is 2.27. The molecule has 0 spiro atoms. The first-order valence-corrected chi connectivity index (χ1v) is 9.71. The normalized spacial score (nSPS) is 13.0. The van der Waals surface area contributed by atoms with E-state index in [1.54, 1.807) is 12.1 Å². The Bertz CT molecular complexity index is 609. The van der Waals surface area contributed by atoms with E-state index in [0.717, 1.165) is 49.9 Å². The van der Waals surface area contributed by atoms with Crippen molar-refractivity contribution in [2.45, 2.75) is 51.6 Å². The summed E-state index contributed by atoms with van der Waals surface area (Å²) in [6, 6.07) is 14.6. The number of rotatable bonds is 11. The smallest absolute Gasteiger partial charge is 0.120 e. The molecule has 150 valence electrons. The van der Waals surface area contributed by atoms with Crippen molar-refractivity contribution in [2.75, 3.05) is 13.1 Å². The molecular formula is C22H33ClN2O2. The molecule has 4 nitrogen and oxygen atoms in total. The van der Waals surface area contributed by atoms with Gasteiger partial charge < -0.3 is 20.8 Å². The van der Waals surface area contributed by atoms with Crippen molar-refractivity contribution in [3.05, 3.63) is 59.7 Å². The summed E-state index contributed by atoms with van der Waals surface area (Å²) in [5, 5.41) is 28.1. The van der Waals surface area contributed by atoms with Crippen LogP contribution in [0.2, 0.25) is 0 Å². The number of aromatic hydroxyl groups is 2. The van der Waals surface area contributed by atoms with E-state index in [-0.39, 0.29) is 36.0 Å². The van der Waals surface area contributed by atoms with Crippen LogP contribution in [0.4, 0.5) is 0 Å². The lowest BCUT2D eigenvalue weighted by molar-refractivity contribution is 0.353. The van der Waals surface area contributed by atoms with Gasteiger partial charge in [0.15, 0.2) is 0 Å². The predicted molar refractivity (Wildman–Crippen MR) is 115 cm³/mol. The Kier molecular flexibility index (Phi) is 10.9. The Hall–Kier alpha value is -1.75. The van der Waals surface area contributed by atoms with Crippen LogP contribution in [0.1, 0.15) is 62.7 Å². The van der Waals surface area contributed by atoms with Gasteiger partial charge in [-0.05, 0) is 38.1 Å². The van der Waals surface area contributed by atoms with Gasteiger partial charge in [-0.2, -0.15) is 0 Å². The average Bonchev–Trinajstić information content (AvgIpc) is 2.65. The van der Waals surface area contributed by atoms with Gasteiger partial charge >= 0.3 is 0 Å². The number of phenols is 2. The molecule has 4 N–H and O–H groups in total. The number of hydrogen-bond donors (Lipinski definition) is 4. The molecule has 2 aromatic rings. The molecule has 0 radical (unpaired) electrons. The van der Waals surface area contributed by atoms with E-state index in [0.29, 0.717) is 0 Å². The minimum atomic E-state index is -0.132. The lowest BCUT2D eigenvalue weighted by Gasteiger charge is -2.31. The van der Waals surface area contributed by atoms with Gasteiger partial charge in [0.25, 0.3) is 0 Å². The zero-order valence-electron chi connectivity index (χ0n) is 16.3. The fourth-order valence-electron chi connectivity index (χ4n) is 3.18. The van der Waals surface area contributed by atoms with Crippen LogP contribution < -0.4 is 10.6 Å². The van der Waals surface area contributed by atoms with Crippen LogP contribution in [0.5, 0.6) is 11.5 Å². The van der Waals surface area contributed by atoms with Crippen molar-refractivity contribution in [3.63, 3.8) is 0 Å². The number of benzene rings is 2. The van der Waals surface area contributed by atoms with E-state index in [2.05, 4.69) is 24.5 Å². The Balaban J connectivity index is 0.00000364. The van der Waals surface area contributed by atoms with Crippen molar-refractivity contribution in [3.8, 4) is 11.5 Å². The maximum atomic E-state index is 10.4. The van der Waals surface area contributed by atoms with E-state index in [1.165, 1.54) is 0 Å². The second-order valence-electron chi connectivity index (χ2n) is 6.69. The SMILES string of the molecule is CCCCNC(c1ccccc1O)C(NCCCC)c1ccccc1O.Cl. The standard InChI is InChI=1S/C22H32N2O2.ClH/c1-3-5-15-23-21(17-11-7-9-13-19(17)25)22(24-16-6-4-2)18-12-8-10-14-20(18)26;/h7-14,21-26H,3-6,15-16H2,1-2H3;1H. The first-order chi connectivity index (χ1) is 12.7. The Labute approximate surface area is 169 Å². The molecule has 0 aliphatic carbocycles. The summed E-state index contributed by atoms with van der Waals surface area (Å²) in [4.78, 5) is 0. The summed E-state index contributed by atoms with van der Waals surface area (Å²) in [7, 11) is 0. The molecule has 2 atom stereocenters. The minimum absolute atomic E-state index is 0. The third kappa shape index (κ3) is 6.73. The van der Waals surface area contributed by atoms with Gasteiger partial charge in [0, 0.05) is 11.1 Å². The van der Waals surface area contributed by atoms with Crippen molar-refractivity contribution in [1.29, 1.82) is 0 Å². The molecule has 0 saturated carbocycles. The van der Waals surface area contributed by atoms with E-state index in [9.17, 15) is 10.2 Å². The maximum Gasteiger partial charge on any atom is 0.120 e. The molecule has 0 bridgehead atoms. The van der Waals surface area contributed by atoms with Crippen molar-refractivity contribution >= 4 is 12.4 Å². The number of nitrogens with one attached hydrogen (secondary N) is 2. The molecule has 27 heavy (non-hydrogen) atoms. The molecule has 2 rings (SSSR count). The number of phenolic OH excluding ortho intramolecular Hbond substituents is 2. The summed E-state index contributed by atoms with van der Waals surface area (Å²) >= 11 is 0. The van der Waals surface area contributed by atoms with Crippen molar-refractivity contribution in [2.24, 2.45) is 0 Å². The predicted octanol–water partition coefficient (Wildman–Crippen LogP) is 5.08. The topological polar surface area (TPSA) is 64.5 Å². The fraction of sp³-hybridized carbons (Fsp3) is 0.455. The molecular weight excluding hydrogens is 360 g/mol. The van der Waals surface area contributed by atoms with Crippen LogP contribution in [-0.2, 0) is 0 Å². The van der Waals surface area contributed by atoms with Gasteiger partial charge in [-0.3, -0.25) is 0 Å². The van der Waals surface area contributed by atoms with E-state index in [4.69, 9.17) is 0 Å². The highest BCUT2D eigenvalue weighted by molar-refractivity contribution is 5.85. The molecule has 0 amide bonds. The number of halogens is 1. The van der Waals surface area contributed by atoms with Crippen LogP contribution in [0.3, 0.4) is 0 Å². The van der Waals surface area contributed by atoms with Gasteiger partial charge in [0.2, 0.25) is 0 Å². The zero-order valence-corrected chi connectivity index (χ0v) is 17.1. The molecule has 0 saturated heterocycles. The third-order valence-corrected chi connectivity index (χ3v) is 4.67. The summed E-state index contributed by atoms with van der Waals surface area (Å²) < 4.78 is 0. The van der Waals surface area contributed by atoms with Crippen LogP contribution in [-0.4, -0.2) is 23.3 Å². The monoisotopic (exact) mass is 392 g/mol. The van der Waals surface area contributed by atoms with Gasteiger partial charge in [0.1, 0.15) is 11.5 Å². The van der Waals surface area contributed by atoms with Gasteiger partial charge in [0.05, 0.1) is 12.1 Å². The quantitative estimate of drug-likeness (QED) is 0.402. The molecule has 0 fully saturated rings. The van der Waals surface area contributed by atoms with E-state index >= 15 is 0 Å². The van der Waals surface area contributed by atoms with Gasteiger partial charge in [-0.15, -0.1) is 12.4 Å². The second kappa shape index (κ2) is 12.6. The summed E-state index contributed by atoms with van der Waals surface area (Å²) in [6.07, 6.45) is 4.33. The van der Waals surface area contributed by atoms with E-state index < -0.39 is 0 Å². The highest BCUT2D eigenvalue weighted by Crippen LogP contribution is 2.37. The molecule has 0 heterocycles. The van der Waals surface area contributed by atoms with Crippen LogP contribution in [0.25, 0.3) is 0 Å². The molecule has 2 aromatic carbocycles. The number of hydrogen-bond acceptors (Lipinski definition) is 4.